The van der Waals surface area contributed by atoms with Crippen molar-refractivity contribution < 1.29 is 9.47 Å². The lowest BCUT2D eigenvalue weighted by atomic mass is 9.64. The van der Waals surface area contributed by atoms with Crippen molar-refractivity contribution in [1.29, 1.82) is 5.26 Å². The minimum atomic E-state index is -0.526. The van der Waals surface area contributed by atoms with E-state index < -0.39 is 5.41 Å². The summed E-state index contributed by atoms with van der Waals surface area (Å²) in [6, 6.07) is 8.52. The summed E-state index contributed by atoms with van der Waals surface area (Å²) >= 11 is 0. The number of nitrogens with two attached hydrogens (primary N) is 1. The molecule has 2 unspecified atom stereocenters. The molecule has 0 heterocycles. The van der Waals surface area contributed by atoms with Gasteiger partial charge in [0.25, 0.3) is 0 Å². The molecular formula is C20H28N2O2. The molecule has 4 nitrogen and oxygen atoms in total. The van der Waals surface area contributed by atoms with E-state index in [2.05, 4.69) is 13.0 Å². The van der Waals surface area contributed by atoms with Gasteiger partial charge >= 0.3 is 0 Å². The third-order valence-electron chi connectivity index (χ3n) is 5.58. The van der Waals surface area contributed by atoms with Gasteiger partial charge in [-0.15, -0.1) is 0 Å². The summed E-state index contributed by atoms with van der Waals surface area (Å²) in [5.41, 5.74) is 6.58. The minimum Gasteiger partial charge on any atom is -0.493 e. The van der Waals surface area contributed by atoms with E-state index in [0.717, 1.165) is 49.2 Å². The molecule has 3 rings (SSSR count). The van der Waals surface area contributed by atoms with Crippen molar-refractivity contribution in [2.45, 2.75) is 75.3 Å². The van der Waals surface area contributed by atoms with Crippen LogP contribution in [0.3, 0.4) is 0 Å². The van der Waals surface area contributed by atoms with Crippen LogP contribution in [0.1, 0.15) is 63.9 Å². The van der Waals surface area contributed by atoms with Crippen LogP contribution in [0, 0.1) is 11.3 Å². The lowest BCUT2D eigenvalue weighted by molar-refractivity contribution is 0.199. The van der Waals surface area contributed by atoms with E-state index in [0.29, 0.717) is 6.42 Å². The molecule has 2 aliphatic carbocycles. The number of benzene rings is 1. The Morgan fingerprint density at radius 2 is 1.92 bits per heavy atom. The minimum absolute atomic E-state index is 0.262. The van der Waals surface area contributed by atoms with Crippen LogP contribution in [0.15, 0.2) is 18.2 Å². The monoisotopic (exact) mass is 328 g/mol. The van der Waals surface area contributed by atoms with Gasteiger partial charge in [0, 0.05) is 5.54 Å². The second-order valence-corrected chi connectivity index (χ2v) is 7.77. The number of hydrogen-bond donors (Lipinski definition) is 1. The van der Waals surface area contributed by atoms with Crippen molar-refractivity contribution in [1.82, 2.24) is 0 Å². The predicted octanol–water partition coefficient (Wildman–Crippen LogP) is 4.07. The quantitative estimate of drug-likeness (QED) is 0.904. The second kappa shape index (κ2) is 6.64. The highest BCUT2D eigenvalue weighted by Crippen LogP contribution is 2.45. The smallest absolute Gasteiger partial charge is 0.161 e. The van der Waals surface area contributed by atoms with Crippen LogP contribution in [-0.2, 0) is 5.41 Å². The van der Waals surface area contributed by atoms with Crippen LogP contribution in [-0.4, -0.2) is 18.8 Å². The fraction of sp³-hybridized carbons (Fsp3) is 0.650. The molecule has 4 heteroatoms. The summed E-state index contributed by atoms with van der Waals surface area (Å²) in [6.07, 6.45) is 8.38. The van der Waals surface area contributed by atoms with Crippen molar-refractivity contribution in [2.75, 3.05) is 7.11 Å². The third-order valence-corrected chi connectivity index (χ3v) is 5.58. The highest BCUT2D eigenvalue weighted by Gasteiger charge is 2.42. The fourth-order valence-corrected chi connectivity index (χ4v) is 4.32. The molecule has 0 amide bonds. The first-order valence-corrected chi connectivity index (χ1v) is 9.03. The maximum absolute atomic E-state index is 9.95. The van der Waals surface area contributed by atoms with E-state index in [-0.39, 0.29) is 11.6 Å². The molecule has 0 radical (unpaired) electrons. The van der Waals surface area contributed by atoms with Gasteiger partial charge in [-0.1, -0.05) is 6.07 Å². The topological polar surface area (TPSA) is 68.3 Å². The largest absolute Gasteiger partial charge is 0.493 e. The van der Waals surface area contributed by atoms with E-state index in [1.54, 1.807) is 7.11 Å². The van der Waals surface area contributed by atoms with Crippen LogP contribution < -0.4 is 15.2 Å². The zero-order chi connectivity index (χ0) is 17.2. The number of ether oxygens (including phenoxy) is 2. The molecule has 0 aromatic heterocycles. The summed E-state index contributed by atoms with van der Waals surface area (Å²) in [5, 5.41) is 9.95. The average Bonchev–Trinajstić information content (AvgIpc) is 3.06. The standard InChI is InChI=1S/C20H28N2O2/c1-19(22)10-5-11-20(13-19,14-21)15-8-9-17(23-2)18(12-15)24-16-6-3-4-7-16/h8-9,12,16H,3-7,10-11,13,22H2,1-2H3. The summed E-state index contributed by atoms with van der Waals surface area (Å²) in [7, 11) is 1.66. The molecule has 0 saturated heterocycles. The van der Waals surface area contributed by atoms with E-state index in [9.17, 15) is 5.26 Å². The normalized spacial score (nSPS) is 30.8. The zero-order valence-electron chi connectivity index (χ0n) is 14.8. The Labute approximate surface area is 144 Å². The summed E-state index contributed by atoms with van der Waals surface area (Å²) < 4.78 is 11.7. The maximum Gasteiger partial charge on any atom is 0.161 e. The van der Waals surface area contributed by atoms with Crippen molar-refractivity contribution in [3.05, 3.63) is 23.8 Å². The van der Waals surface area contributed by atoms with Gasteiger partial charge in [-0.25, -0.2) is 0 Å². The van der Waals surface area contributed by atoms with Gasteiger partial charge in [-0.05, 0) is 76.0 Å². The molecule has 2 fully saturated rings. The molecule has 1 aromatic rings. The number of methoxy groups -OCH3 is 1. The first-order valence-electron chi connectivity index (χ1n) is 9.03. The van der Waals surface area contributed by atoms with Gasteiger partial charge < -0.3 is 15.2 Å². The molecule has 0 spiro atoms. The Bertz CT molecular complexity index is 629. The molecule has 2 aliphatic rings. The van der Waals surface area contributed by atoms with Gasteiger partial charge in [-0.3, -0.25) is 0 Å². The second-order valence-electron chi connectivity index (χ2n) is 7.77. The van der Waals surface area contributed by atoms with E-state index >= 15 is 0 Å². The van der Waals surface area contributed by atoms with Crippen LogP contribution in [0.4, 0.5) is 0 Å². The third kappa shape index (κ3) is 3.37. The number of nitrogens with zero attached hydrogens (tertiary/aromatic N) is 1. The number of nitriles is 1. The molecule has 0 aliphatic heterocycles. The lowest BCUT2D eigenvalue weighted by Crippen LogP contribution is -2.47. The van der Waals surface area contributed by atoms with Crippen LogP contribution >= 0.6 is 0 Å². The Morgan fingerprint density at radius 1 is 1.17 bits per heavy atom. The van der Waals surface area contributed by atoms with Crippen LogP contribution in [0.5, 0.6) is 11.5 Å². The highest BCUT2D eigenvalue weighted by molar-refractivity contribution is 5.47. The first kappa shape index (κ1) is 17.1. The molecule has 130 valence electrons. The van der Waals surface area contributed by atoms with Gasteiger partial charge in [-0.2, -0.15) is 5.26 Å². The van der Waals surface area contributed by atoms with E-state index in [4.69, 9.17) is 15.2 Å². The average molecular weight is 328 g/mol. The Balaban J connectivity index is 1.93. The summed E-state index contributed by atoms with van der Waals surface area (Å²) in [5.74, 6) is 1.51. The van der Waals surface area contributed by atoms with Crippen LogP contribution in [0.25, 0.3) is 0 Å². The lowest BCUT2D eigenvalue weighted by Gasteiger charge is -2.41. The fourth-order valence-electron chi connectivity index (χ4n) is 4.32. The van der Waals surface area contributed by atoms with Gasteiger partial charge in [0.1, 0.15) is 0 Å². The predicted molar refractivity (Wildman–Crippen MR) is 94.2 cm³/mol. The summed E-state index contributed by atoms with van der Waals surface area (Å²) in [6.45, 7) is 2.05. The molecular weight excluding hydrogens is 300 g/mol. The Hall–Kier alpha value is -1.73. The van der Waals surface area contributed by atoms with Crippen molar-refractivity contribution in [2.24, 2.45) is 5.73 Å². The molecule has 1 aromatic carbocycles. The molecule has 0 bridgehead atoms. The maximum atomic E-state index is 9.95. The van der Waals surface area contributed by atoms with Gasteiger partial charge in [0.05, 0.1) is 24.7 Å². The van der Waals surface area contributed by atoms with Crippen molar-refractivity contribution in [3.63, 3.8) is 0 Å². The molecule has 24 heavy (non-hydrogen) atoms. The molecule has 2 saturated carbocycles. The Morgan fingerprint density at radius 3 is 2.54 bits per heavy atom. The van der Waals surface area contributed by atoms with Gasteiger partial charge in [0.2, 0.25) is 0 Å². The Kier molecular flexibility index (Phi) is 4.73. The van der Waals surface area contributed by atoms with Crippen LogP contribution in [0.2, 0.25) is 0 Å². The van der Waals surface area contributed by atoms with E-state index in [1.807, 2.05) is 18.2 Å². The van der Waals surface area contributed by atoms with Crippen molar-refractivity contribution >= 4 is 0 Å². The first-order chi connectivity index (χ1) is 11.5. The van der Waals surface area contributed by atoms with Crippen molar-refractivity contribution in [3.8, 4) is 17.6 Å². The number of hydrogen-bond acceptors (Lipinski definition) is 4. The molecule has 2 N–H and O–H groups in total. The van der Waals surface area contributed by atoms with E-state index in [1.165, 1.54) is 12.8 Å². The summed E-state index contributed by atoms with van der Waals surface area (Å²) in [4.78, 5) is 0. The van der Waals surface area contributed by atoms with Gasteiger partial charge in [0.15, 0.2) is 11.5 Å². The number of rotatable bonds is 4. The highest BCUT2D eigenvalue weighted by atomic mass is 16.5. The zero-order valence-corrected chi connectivity index (χ0v) is 14.8. The molecule has 2 atom stereocenters. The SMILES string of the molecule is COc1ccc(C2(C#N)CCCC(C)(N)C2)cc1OC1CCCC1.